The Hall–Kier alpha value is -1.81. The first-order chi connectivity index (χ1) is 10.1. The quantitative estimate of drug-likeness (QED) is 0.799. The Kier molecular flexibility index (Phi) is 5.39. The van der Waals surface area contributed by atoms with E-state index in [1.54, 1.807) is 13.2 Å². The van der Waals surface area contributed by atoms with Crippen LogP contribution in [-0.2, 0) is 4.79 Å². The van der Waals surface area contributed by atoms with E-state index in [1.165, 1.54) is 0 Å². The smallest absolute Gasteiger partial charge is 0.246 e. The number of benzene rings is 1. The summed E-state index contributed by atoms with van der Waals surface area (Å²) in [6.45, 7) is 5.65. The Morgan fingerprint density at radius 3 is 2.81 bits per heavy atom. The summed E-state index contributed by atoms with van der Waals surface area (Å²) < 4.78 is 5.33. The Labute approximate surface area is 127 Å². The predicted octanol–water partition coefficient (Wildman–Crippen LogP) is 2.18. The molecule has 1 heterocycles. The summed E-state index contributed by atoms with van der Waals surface area (Å²) in [5.41, 5.74) is 2.09. The molecule has 21 heavy (non-hydrogen) atoms. The molecule has 0 aliphatic carbocycles. The topological polar surface area (TPSA) is 32.8 Å². The molecule has 0 unspecified atom stereocenters. The van der Waals surface area contributed by atoms with Crippen molar-refractivity contribution in [1.29, 1.82) is 0 Å². The van der Waals surface area contributed by atoms with Crippen LogP contribution in [0.5, 0.6) is 5.75 Å². The maximum absolute atomic E-state index is 12.3. The Bertz CT molecular complexity index is 526. The first-order valence-corrected chi connectivity index (χ1v) is 7.40. The van der Waals surface area contributed by atoms with Gasteiger partial charge >= 0.3 is 0 Å². The molecule has 4 heteroatoms. The van der Waals surface area contributed by atoms with E-state index in [4.69, 9.17) is 4.74 Å². The number of nitrogens with zero attached hydrogens (tertiary/aromatic N) is 2. The van der Waals surface area contributed by atoms with E-state index >= 15 is 0 Å². The summed E-state index contributed by atoms with van der Waals surface area (Å²) in [5, 5.41) is 0. The Morgan fingerprint density at radius 1 is 1.24 bits per heavy atom. The summed E-state index contributed by atoms with van der Waals surface area (Å²) in [7, 11) is 3.75. The van der Waals surface area contributed by atoms with E-state index in [-0.39, 0.29) is 5.91 Å². The number of carbonyl (C=O) groups is 1. The van der Waals surface area contributed by atoms with Crippen LogP contribution in [-0.4, -0.2) is 56.0 Å². The molecule has 0 saturated carbocycles. The summed E-state index contributed by atoms with van der Waals surface area (Å²) in [6.07, 6.45) is 4.54. The van der Waals surface area contributed by atoms with E-state index in [0.717, 1.165) is 49.5 Å². The third-order valence-corrected chi connectivity index (χ3v) is 3.82. The zero-order valence-corrected chi connectivity index (χ0v) is 13.1. The molecule has 0 aromatic heterocycles. The fourth-order valence-corrected chi connectivity index (χ4v) is 2.52. The fourth-order valence-electron chi connectivity index (χ4n) is 2.52. The van der Waals surface area contributed by atoms with Gasteiger partial charge in [-0.1, -0.05) is 11.6 Å². The molecule has 1 aromatic carbocycles. The number of hydrogen-bond donors (Lipinski definition) is 0. The van der Waals surface area contributed by atoms with Crippen molar-refractivity contribution in [2.45, 2.75) is 13.3 Å². The second kappa shape index (κ2) is 7.27. The highest BCUT2D eigenvalue weighted by molar-refractivity contribution is 5.92. The van der Waals surface area contributed by atoms with Gasteiger partial charge in [-0.25, -0.2) is 0 Å². The van der Waals surface area contributed by atoms with Crippen LogP contribution < -0.4 is 4.74 Å². The summed E-state index contributed by atoms with van der Waals surface area (Å²) >= 11 is 0. The number of methoxy groups -OCH3 is 1. The van der Waals surface area contributed by atoms with Gasteiger partial charge in [0.05, 0.1) is 7.11 Å². The molecule has 1 saturated heterocycles. The standard InChI is InChI=1S/C17H24N2O2/c1-14-5-7-16(21-3)15(13-14)6-8-17(20)19-10-4-9-18(2)11-12-19/h5-8,13H,4,9-12H2,1-3H3/b8-6+. The average molecular weight is 288 g/mol. The van der Waals surface area contributed by atoms with Gasteiger partial charge in [-0.3, -0.25) is 4.79 Å². The molecule has 0 N–H and O–H groups in total. The minimum Gasteiger partial charge on any atom is -0.496 e. The summed E-state index contributed by atoms with van der Waals surface area (Å²) in [4.78, 5) is 16.5. The highest BCUT2D eigenvalue weighted by atomic mass is 16.5. The van der Waals surface area contributed by atoms with Crippen molar-refractivity contribution < 1.29 is 9.53 Å². The number of carbonyl (C=O) groups excluding carboxylic acids is 1. The molecule has 4 nitrogen and oxygen atoms in total. The Morgan fingerprint density at radius 2 is 2.05 bits per heavy atom. The second-order valence-electron chi connectivity index (χ2n) is 5.56. The SMILES string of the molecule is COc1ccc(C)cc1/C=C/C(=O)N1CCCN(C)CC1. The van der Waals surface area contributed by atoms with E-state index in [9.17, 15) is 4.79 Å². The molecule has 114 valence electrons. The third-order valence-electron chi connectivity index (χ3n) is 3.82. The van der Waals surface area contributed by atoms with Gasteiger partial charge in [-0.2, -0.15) is 0 Å². The first-order valence-electron chi connectivity index (χ1n) is 7.40. The van der Waals surface area contributed by atoms with E-state index in [2.05, 4.69) is 11.9 Å². The largest absolute Gasteiger partial charge is 0.496 e. The van der Waals surface area contributed by atoms with Crippen molar-refractivity contribution in [3.05, 3.63) is 35.4 Å². The van der Waals surface area contributed by atoms with Crippen molar-refractivity contribution >= 4 is 12.0 Å². The number of aryl methyl sites for hydroxylation is 1. The lowest BCUT2D eigenvalue weighted by Crippen LogP contribution is -2.33. The number of rotatable bonds is 3. The van der Waals surface area contributed by atoms with E-state index in [1.807, 2.05) is 36.1 Å². The van der Waals surface area contributed by atoms with Crippen LogP contribution in [0.2, 0.25) is 0 Å². The van der Waals surface area contributed by atoms with Crippen LogP contribution in [0.15, 0.2) is 24.3 Å². The lowest BCUT2D eigenvalue weighted by molar-refractivity contribution is -0.125. The van der Waals surface area contributed by atoms with Gasteiger partial charge in [0.2, 0.25) is 5.91 Å². The molecule has 0 spiro atoms. The van der Waals surface area contributed by atoms with Crippen molar-refractivity contribution in [1.82, 2.24) is 9.80 Å². The van der Waals surface area contributed by atoms with Gasteiger partial charge in [0.1, 0.15) is 5.75 Å². The molecule has 0 radical (unpaired) electrons. The molecule has 1 fully saturated rings. The minimum absolute atomic E-state index is 0.0776. The van der Waals surface area contributed by atoms with Gasteiger partial charge in [0.25, 0.3) is 0 Å². The molecule has 0 atom stereocenters. The molecule has 1 aliphatic heterocycles. The van der Waals surface area contributed by atoms with Crippen LogP contribution >= 0.6 is 0 Å². The number of hydrogen-bond acceptors (Lipinski definition) is 3. The first kappa shape index (κ1) is 15.6. The predicted molar refractivity (Wildman–Crippen MR) is 85.5 cm³/mol. The molecule has 2 rings (SSSR count). The van der Waals surface area contributed by atoms with Gasteiger partial charge in [0.15, 0.2) is 0 Å². The van der Waals surface area contributed by atoms with Crippen LogP contribution in [0.4, 0.5) is 0 Å². The van der Waals surface area contributed by atoms with Crippen molar-refractivity contribution in [2.75, 3.05) is 40.3 Å². The normalized spacial score (nSPS) is 17.0. The van der Waals surface area contributed by atoms with Crippen molar-refractivity contribution in [2.24, 2.45) is 0 Å². The maximum atomic E-state index is 12.3. The summed E-state index contributed by atoms with van der Waals surface area (Å²) in [6, 6.07) is 5.96. The fraction of sp³-hybridized carbons (Fsp3) is 0.471. The Balaban J connectivity index is 2.06. The van der Waals surface area contributed by atoms with E-state index in [0.29, 0.717) is 0 Å². The van der Waals surface area contributed by atoms with Gasteiger partial charge < -0.3 is 14.5 Å². The summed E-state index contributed by atoms with van der Waals surface area (Å²) in [5.74, 6) is 0.870. The highest BCUT2D eigenvalue weighted by Gasteiger charge is 2.15. The van der Waals surface area contributed by atoms with Crippen molar-refractivity contribution in [3.63, 3.8) is 0 Å². The molecule has 1 aromatic rings. The number of ether oxygens (including phenoxy) is 1. The molecule has 0 bridgehead atoms. The van der Waals surface area contributed by atoms with Gasteiger partial charge in [0, 0.05) is 31.3 Å². The van der Waals surface area contributed by atoms with E-state index < -0.39 is 0 Å². The zero-order chi connectivity index (χ0) is 15.2. The third kappa shape index (κ3) is 4.33. The van der Waals surface area contributed by atoms with Crippen LogP contribution in [0.1, 0.15) is 17.5 Å². The molecule has 1 aliphatic rings. The van der Waals surface area contributed by atoms with Gasteiger partial charge in [-0.05, 0) is 45.1 Å². The van der Waals surface area contributed by atoms with Crippen molar-refractivity contribution in [3.8, 4) is 5.75 Å². The minimum atomic E-state index is 0.0776. The second-order valence-corrected chi connectivity index (χ2v) is 5.56. The highest BCUT2D eigenvalue weighted by Crippen LogP contribution is 2.21. The monoisotopic (exact) mass is 288 g/mol. The molecular weight excluding hydrogens is 264 g/mol. The van der Waals surface area contributed by atoms with Crippen LogP contribution in [0, 0.1) is 6.92 Å². The number of likely N-dealkylation sites (N-methyl/N-ethyl adjacent to an activating group) is 1. The maximum Gasteiger partial charge on any atom is 0.246 e. The lowest BCUT2D eigenvalue weighted by atomic mass is 10.1. The van der Waals surface area contributed by atoms with Gasteiger partial charge in [-0.15, -0.1) is 0 Å². The molecular formula is C17H24N2O2. The van der Waals surface area contributed by atoms with Crippen LogP contribution in [0.25, 0.3) is 6.08 Å². The molecule has 1 amide bonds. The van der Waals surface area contributed by atoms with Crippen LogP contribution in [0.3, 0.4) is 0 Å². The number of amides is 1. The zero-order valence-electron chi connectivity index (χ0n) is 13.1. The lowest BCUT2D eigenvalue weighted by Gasteiger charge is -2.18. The average Bonchev–Trinajstić information content (AvgIpc) is 2.69.